The van der Waals surface area contributed by atoms with E-state index in [0.29, 0.717) is 5.75 Å². The number of halogens is 1. The summed E-state index contributed by atoms with van der Waals surface area (Å²) in [5.41, 5.74) is 0.260. The first-order chi connectivity index (χ1) is 15.2. The van der Waals surface area contributed by atoms with E-state index in [2.05, 4.69) is 10.6 Å². The summed E-state index contributed by atoms with van der Waals surface area (Å²) in [6, 6.07) is 9.67. The van der Waals surface area contributed by atoms with Gasteiger partial charge in [0.25, 0.3) is 11.6 Å². The molecule has 1 unspecified atom stereocenters. The first kappa shape index (κ1) is 24.4. The summed E-state index contributed by atoms with van der Waals surface area (Å²) >= 11 is 5.72. The average molecular weight is 462 g/mol. The van der Waals surface area contributed by atoms with Gasteiger partial charge in [0.1, 0.15) is 17.5 Å². The van der Waals surface area contributed by atoms with E-state index < -0.39 is 41.0 Å². The van der Waals surface area contributed by atoms with Crippen molar-refractivity contribution in [3.8, 4) is 5.75 Å². The fourth-order valence-electron chi connectivity index (χ4n) is 2.42. The van der Waals surface area contributed by atoms with Crippen LogP contribution in [0.3, 0.4) is 0 Å². The average Bonchev–Trinajstić information content (AvgIpc) is 2.77. The lowest BCUT2D eigenvalue weighted by molar-refractivity contribution is -0.383. The maximum absolute atomic E-state index is 12.0. The first-order valence-corrected chi connectivity index (χ1v) is 9.60. The monoisotopic (exact) mass is 461 g/mol. The zero-order chi connectivity index (χ0) is 23.7. The molecule has 0 aliphatic rings. The summed E-state index contributed by atoms with van der Waals surface area (Å²) in [7, 11) is 1.55. The Morgan fingerprint density at radius 2 is 1.88 bits per heavy atom. The predicted molar refractivity (Wildman–Crippen MR) is 117 cm³/mol. The molecular formula is C21H20ClN3O7. The molecule has 10 nitrogen and oxygen atoms in total. The van der Waals surface area contributed by atoms with Crippen LogP contribution in [0.4, 0.5) is 11.4 Å². The summed E-state index contributed by atoms with van der Waals surface area (Å²) in [5.74, 6) is -1.50. The number of amides is 2. The molecule has 0 bridgehead atoms. The second-order valence-corrected chi connectivity index (χ2v) is 6.85. The molecule has 0 heterocycles. The van der Waals surface area contributed by atoms with Crippen LogP contribution in [0.2, 0.25) is 5.02 Å². The van der Waals surface area contributed by atoms with E-state index in [0.717, 1.165) is 11.6 Å². The summed E-state index contributed by atoms with van der Waals surface area (Å²) in [4.78, 5) is 46.3. The maximum atomic E-state index is 12.0. The lowest BCUT2D eigenvalue weighted by Gasteiger charge is -2.12. The largest absolute Gasteiger partial charge is 0.497 e. The molecule has 0 spiro atoms. The third-order valence-electron chi connectivity index (χ3n) is 4.03. The fourth-order valence-corrected chi connectivity index (χ4v) is 2.58. The summed E-state index contributed by atoms with van der Waals surface area (Å²) in [6.45, 7) is 0.698. The molecule has 0 aliphatic heterocycles. The standard InChI is InChI=1S/C21H20ClN3O7/c1-13(23-19(26)10-5-14-3-7-16(31-2)8-4-14)21(28)32-12-20(27)24-17-9-6-15(22)11-18(17)25(29)30/h3-11,13H,12H2,1-2H3,(H,23,26)(H,24,27)/b10-5+. The topological polar surface area (TPSA) is 137 Å². The molecule has 168 valence electrons. The minimum absolute atomic E-state index is 0.0922. The van der Waals surface area contributed by atoms with Crippen LogP contribution < -0.4 is 15.4 Å². The Hall–Kier alpha value is -3.92. The number of ether oxygens (including phenoxy) is 2. The van der Waals surface area contributed by atoms with Gasteiger partial charge in [0.05, 0.1) is 12.0 Å². The van der Waals surface area contributed by atoms with Crippen molar-refractivity contribution < 1.29 is 28.8 Å². The lowest BCUT2D eigenvalue weighted by atomic mass is 10.2. The van der Waals surface area contributed by atoms with Crippen LogP contribution in [0.1, 0.15) is 12.5 Å². The number of hydrogen-bond acceptors (Lipinski definition) is 7. The van der Waals surface area contributed by atoms with Crippen LogP contribution in [0.15, 0.2) is 48.5 Å². The Kier molecular flexibility index (Phi) is 8.72. The number of methoxy groups -OCH3 is 1. The first-order valence-electron chi connectivity index (χ1n) is 9.22. The van der Waals surface area contributed by atoms with Gasteiger partial charge in [0.15, 0.2) is 6.61 Å². The van der Waals surface area contributed by atoms with Gasteiger partial charge in [-0.2, -0.15) is 0 Å². The quantitative estimate of drug-likeness (QED) is 0.253. The summed E-state index contributed by atoms with van der Waals surface area (Å²) in [5, 5.41) is 15.9. The fraction of sp³-hybridized carbons (Fsp3) is 0.190. The molecule has 2 N–H and O–H groups in total. The normalized spacial score (nSPS) is 11.5. The molecular weight excluding hydrogens is 442 g/mol. The molecule has 2 rings (SSSR count). The molecule has 0 saturated carbocycles. The third kappa shape index (κ3) is 7.40. The highest BCUT2D eigenvalue weighted by Gasteiger charge is 2.20. The second-order valence-electron chi connectivity index (χ2n) is 6.41. The Morgan fingerprint density at radius 1 is 1.19 bits per heavy atom. The van der Waals surface area contributed by atoms with Gasteiger partial charge in [0.2, 0.25) is 5.91 Å². The molecule has 1 atom stereocenters. The van der Waals surface area contributed by atoms with E-state index in [1.54, 1.807) is 37.5 Å². The molecule has 0 radical (unpaired) electrons. The minimum Gasteiger partial charge on any atom is -0.497 e. The van der Waals surface area contributed by atoms with Gasteiger partial charge < -0.3 is 20.1 Å². The highest BCUT2D eigenvalue weighted by molar-refractivity contribution is 6.31. The van der Waals surface area contributed by atoms with E-state index in [4.69, 9.17) is 21.1 Å². The van der Waals surface area contributed by atoms with Crippen LogP contribution in [0.25, 0.3) is 6.08 Å². The minimum atomic E-state index is -1.03. The number of carbonyl (C=O) groups is 3. The highest BCUT2D eigenvalue weighted by Crippen LogP contribution is 2.27. The number of rotatable bonds is 9. The maximum Gasteiger partial charge on any atom is 0.328 e. The van der Waals surface area contributed by atoms with Crippen molar-refractivity contribution in [3.63, 3.8) is 0 Å². The zero-order valence-electron chi connectivity index (χ0n) is 17.2. The number of benzene rings is 2. The van der Waals surface area contributed by atoms with Crippen molar-refractivity contribution in [2.75, 3.05) is 19.0 Å². The molecule has 2 amide bonds. The number of anilines is 1. The Balaban J connectivity index is 1.83. The Bertz CT molecular complexity index is 1040. The number of carbonyl (C=O) groups excluding carboxylic acids is 3. The zero-order valence-corrected chi connectivity index (χ0v) is 17.9. The molecule has 11 heteroatoms. The third-order valence-corrected chi connectivity index (χ3v) is 4.27. The van der Waals surface area contributed by atoms with E-state index >= 15 is 0 Å². The smallest absolute Gasteiger partial charge is 0.328 e. The van der Waals surface area contributed by atoms with E-state index in [-0.39, 0.29) is 10.7 Å². The van der Waals surface area contributed by atoms with Crippen molar-refractivity contribution in [1.29, 1.82) is 0 Å². The van der Waals surface area contributed by atoms with Crippen molar-refractivity contribution in [3.05, 3.63) is 69.2 Å². The Morgan fingerprint density at radius 3 is 2.50 bits per heavy atom. The number of nitro groups is 1. The van der Waals surface area contributed by atoms with E-state index in [1.807, 2.05) is 0 Å². The van der Waals surface area contributed by atoms with Crippen molar-refractivity contribution in [2.45, 2.75) is 13.0 Å². The van der Waals surface area contributed by atoms with Gasteiger partial charge in [0, 0.05) is 17.2 Å². The van der Waals surface area contributed by atoms with Crippen molar-refractivity contribution in [2.24, 2.45) is 0 Å². The van der Waals surface area contributed by atoms with Gasteiger partial charge in [-0.05, 0) is 42.8 Å². The second kappa shape index (κ2) is 11.5. The molecule has 0 aliphatic carbocycles. The van der Waals surface area contributed by atoms with E-state index in [1.165, 1.54) is 25.1 Å². The number of esters is 1. The highest BCUT2D eigenvalue weighted by atomic mass is 35.5. The SMILES string of the molecule is COc1ccc(/C=C/C(=O)NC(C)C(=O)OCC(=O)Nc2ccc(Cl)cc2[N+](=O)[O-])cc1. The number of nitro benzene ring substituents is 1. The number of nitrogens with zero attached hydrogens (tertiary/aromatic N) is 1. The Labute approximate surface area is 188 Å². The van der Waals surface area contributed by atoms with Gasteiger partial charge in [-0.1, -0.05) is 23.7 Å². The van der Waals surface area contributed by atoms with Gasteiger partial charge in [-0.3, -0.25) is 19.7 Å². The van der Waals surface area contributed by atoms with Crippen molar-refractivity contribution in [1.82, 2.24) is 5.32 Å². The van der Waals surface area contributed by atoms with Crippen LogP contribution in [-0.2, 0) is 19.1 Å². The molecule has 0 aromatic heterocycles. The molecule has 32 heavy (non-hydrogen) atoms. The van der Waals surface area contributed by atoms with Gasteiger partial charge in [-0.15, -0.1) is 0 Å². The van der Waals surface area contributed by atoms with Crippen LogP contribution >= 0.6 is 11.6 Å². The molecule has 2 aromatic rings. The molecule has 0 fully saturated rings. The molecule has 0 saturated heterocycles. The summed E-state index contributed by atoms with van der Waals surface area (Å²) < 4.78 is 9.90. The lowest BCUT2D eigenvalue weighted by Crippen LogP contribution is -2.39. The van der Waals surface area contributed by atoms with E-state index in [9.17, 15) is 24.5 Å². The predicted octanol–water partition coefficient (Wildman–Crippen LogP) is 2.96. The van der Waals surface area contributed by atoms with Crippen LogP contribution in [0.5, 0.6) is 5.75 Å². The van der Waals surface area contributed by atoms with Gasteiger partial charge >= 0.3 is 5.97 Å². The van der Waals surface area contributed by atoms with Gasteiger partial charge in [-0.25, -0.2) is 4.79 Å². The van der Waals surface area contributed by atoms with Crippen molar-refractivity contribution >= 4 is 46.8 Å². The summed E-state index contributed by atoms with van der Waals surface area (Å²) in [6.07, 6.45) is 2.80. The molecule has 2 aromatic carbocycles. The number of nitrogens with one attached hydrogen (secondary N) is 2. The van der Waals surface area contributed by atoms with Crippen LogP contribution in [-0.4, -0.2) is 42.5 Å². The van der Waals surface area contributed by atoms with Crippen LogP contribution in [0, 0.1) is 10.1 Å². The number of hydrogen-bond donors (Lipinski definition) is 2.